The molecule has 0 fully saturated rings. The minimum absolute atomic E-state index is 0.113. The lowest BCUT2D eigenvalue weighted by atomic mass is 10.1. The van der Waals surface area contributed by atoms with E-state index in [2.05, 4.69) is 5.32 Å². The van der Waals surface area contributed by atoms with Crippen molar-refractivity contribution in [3.8, 4) is 0 Å². The van der Waals surface area contributed by atoms with Crippen LogP contribution in [0.2, 0.25) is 0 Å². The highest BCUT2D eigenvalue weighted by Crippen LogP contribution is 2.16. The Hall–Kier alpha value is -1.97. The molecule has 1 aromatic rings. The van der Waals surface area contributed by atoms with Gasteiger partial charge in [0.15, 0.2) is 0 Å². The van der Waals surface area contributed by atoms with E-state index in [9.17, 15) is 4.79 Å². The summed E-state index contributed by atoms with van der Waals surface area (Å²) < 4.78 is 5.41. The number of nitrogens with one attached hydrogen (secondary N) is 1. The number of ether oxygens (including phenoxy) is 1. The largest absolute Gasteiger partial charge is 0.497 e. The Morgan fingerprint density at radius 3 is 3.00 bits per heavy atom. The summed E-state index contributed by atoms with van der Waals surface area (Å²) in [6.07, 6.45) is 5.77. The van der Waals surface area contributed by atoms with Crippen molar-refractivity contribution in [2.75, 3.05) is 11.9 Å². The number of para-hydroxylation sites is 1. The smallest absolute Gasteiger partial charge is 0.337 e. The lowest BCUT2D eigenvalue weighted by Gasteiger charge is -2.20. The molecular weight excluding hydrogens is 218 g/mol. The monoisotopic (exact) mass is 233 g/mol. The van der Waals surface area contributed by atoms with Gasteiger partial charge in [0.1, 0.15) is 6.10 Å². The third kappa shape index (κ3) is 3.00. The molecule has 1 atom stereocenters. The maximum Gasteiger partial charge on any atom is 0.337 e. The van der Waals surface area contributed by atoms with E-state index in [-0.39, 0.29) is 6.10 Å². The maximum atomic E-state index is 11.0. The van der Waals surface area contributed by atoms with Crippen molar-refractivity contribution in [2.24, 2.45) is 0 Å². The molecule has 0 bridgehead atoms. The predicted molar refractivity (Wildman–Crippen MR) is 65.1 cm³/mol. The summed E-state index contributed by atoms with van der Waals surface area (Å²) in [7, 11) is 0. The molecule has 4 heteroatoms. The SMILES string of the molecule is O=C(O)c1ccccc1NCC1CCC=CO1. The number of rotatable bonds is 4. The van der Waals surface area contributed by atoms with Gasteiger partial charge in [-0.1, -0.05) is 12.1 Å². The van der Waals surface area contributed by atoms with Crippen LogP contribution in [0.1, 0.15) is 23.2 Å². The van der Waals surface area contributed by atoms with Gasteiger partial charge in [-0.15, -0.1) is 0 Å². The third-order valence-electron chi connectivity index (χ3n) is 2.70. The van der Waals surface area contributed by atoms with Crippen LogP contribution in [0.15, 0.2) is 36.6 Å². The Bertz CT molecular complexity index is 428. The number of carboxylic acids is 1. The standard InChI is InChI=1S/C13H15NO3/c15-13(16)11-6-1-2-7-12(11)14-9-10-5-3-4-8-17-10/h1-2,4,6-8,10,14H,3,5,9H2,(H,15,16). The van der Waals surface area contributed by atoms with Crippen molar-refractivity contribution < 1.29 is 14.6 Å². The molecular formula is C13H15NO3. The third-order valence-corrected chi connectivity index (χ3v) is 2.70. The lowest BCUT2D eigenvalue weighted by molar-refractivity contribution is 0.0697. The summed E-state index contributed by atoms with van der Waals surface area (Å²) in [5.41, 5.74) is 0.928. The molecule has 0 amide bonds. The zero-order valence-electron chi connectivity index (χ0n) is 9.43. The van der Waals surface area contributed by atoms with Gasteiger partial charge >= 0.3 is 5.97 Å². The van der Waals surface area contributed by atoms with Crippen molar-refractivity contribution in [3.05, 3.63) is 42.2 Å². The highest BCUT2D eigenvalue weighted by molar-refractivity contribution is 5.94. The maximum absolute atomic E-state index is 11.0. The van der Waals surface area contributed by atoms with Gasteiger partial charge in [-0.2, -0.15) is 0 Å². The van der Waals surface area contributed by atoms with E-state index in [0.29, 0.717) is 17.8 Å². The van der Waals surface area contributed by atoms with Crippen molar-refractivity contribution >= 4 is 11.7 Å². The van der Waals surface area contributed by atoms with E-state index in [1.807, 2.05) is 12.1 Å². The summed E-state index contributed by atoms with van der Waals surface area (Å²) in [6, 6.07) is 6.89. The molecule has 1 aliphatic heterocycles. The Morgan fingerprint density at radius 1 is 1.47 bits per heavy atom. The Balaban J connectivity index is 1.98. The first-order chi connectivity index (χ1) is 8.27. The van der Waals surface area contributed by atoms with Gasteiger partial charge < -0.3 is 15.2 Å². The van der Waals surface area contributed by atoms with E-state index in [4.69, 9.17) is 9.84 Å². The van der Waals surface area contributed by atoms with E-state index < -0.39 is 5.97 Å². The second kappa shape index (κ2) is 5.39. The van der Waals surface area contributed by atoms with Gasteiger partial charge in [0.25, 0.3) is 0 Å². The molecule has 17 heavy (non-hydrogen) atoms. The molecule has 1 heterocycles. The summed E-state index contributed by atoms with van der Waals surface area (Å²) in [4.78, 5) is 11.0. The van der Waals surface area contributed by atoms with E-state index in [1.165, 1.54) is 0 Å². The van der Waals surface area contributed by atoms with Crippen LogP contribution < -0.4 is 5.32 Å². The molecule has 0 aliphatic carbocycles. The molecule has 90 valence electrons. The highest BCUT2D eigenvalue weighted by atomic mass is 16.5. The normalized spacial score (nSPS) is 18.5. The van der Waals surface area contributed by atoms with Gasteiger partial charge in [-0.3, -0.25) is 0 Å². The van der Waals surface area contributed by atoms with Gasteiger partial charge in [0.05, 0.1) is 18.4 Å². The second-order valence-electron chi connectivity index (χ2n) is 3.94. The van der Waals surface area contributed by atoms with Gasteiger partial charge in [-0.25, -0.2) is 4.79 Å². The highest BCUT2D eigenvalue weighted by Gasteiger charge is 2.13. The topological polar surface area (TPSA) is 58.6 Å². The zero-order chi connectivity index (χ0) is 12.1. The number of hydrogen-bond acceptors (Lipinski definition) is 3. The van der Waals surface area contributed by atoms with Crippen LogP contribution in [0.3, 0.4) is 0 Å². The molecule has 0 aromatic heterocycles. The number of allylic oxidation sites excluding steroid dienone is 1. The molecule has 0 saturated heterocycles. The Kier molecular flexibility index (Phi) is 3.65. The average Bonchev–Trinajstić information content (AvgIpc) is 2.38. The van der Waals surface area contributed by atoms with Crippen LogP contribution in [0.4, 0.5) is 5.69 Å². The number of benzene rings is 1. The summed E-state index contributed by atoms with van der Waals surface area (Å²) in [5.74, 6) is -0.919. The van der Waals surface area contributed by atoms with Crippen LogP contribution >= 0.6 is 0 Å². The fraction of sp³-hybridized carbons (Fsp3) is 0.308. The second-order valence-corrected chi connectivity index (χ2v) is 3.94. The molecule has 1 aliphatic rings. The van der Waals surface area contributed by atoms with Crippen molar-refractivity contribution in [1.29, 1.82) is 0 Å². The lowest BCUT2D eigenvalue weighted by Crippen LogP contribution is -2.23. The number of carboxylic acid groups (broad SMARTS) is 1. The van der Waals surface area contributed by atoms with Crippen LogP contribution in [0.5, 0.6) is 0 Å². The van der Waals surface area contributed by atoms with Crippen LogP contribution in [-0.2, 0) is 4.74 Å². The Labute approximate surface area is 99.9 Å². The first-order valence-electron chi connectivity index (χ1n) is 5.64. The Morgan fingerprint density at radius 2 is 2.29 bits per heavy atom. The molecule has 0 saturated carbocycles. The number of aromatic carboxylic acids is 1. The van der Waals surface area contributed by atoms with Crippen molar-refractivity contribution in [1.82, 2.24) is 0 Å². The fourth-order valence-electron chi connectivity index (χ4n) is 1.78. The fourth-order valence-corrected chi connectivity index (χ4v) is 1.78. The average molecular weight is 233 g/mol. The van der Waals surface area contributed by atoms with E-state index in [1.54, 1.807) is 24.5 Å². The predicted octanol–water partition coefficient (Wildman–Crippen LogP) is 2.49. The first kappa shape index (κ1) is 11.5. The summed E-state index contributed by atoms with van der Waals surface area (Å²) in [5, 5.41) is 12.1. The number of hydrogen-bond donors (Lipinski definition) is 2. The molecule has 2 rings (SSSR count). The van der Waals surface area contributed by atoms with Crippen LogP contribution in [0, 0.1) is 0 Å². The van der Waals surface area contributed by atoms with Gasteiger partial charge in [-0.05, 0) is 31.1 Å². The molecule has 0 spiro atoms. The first-order valence-corrected chi connectivity index (χ1v) is 5.64. The van der Waals surface area contributed by atoms with E-state index in [0.717, 1.165) is 12.8 Å². The van der Waals surface area contributed by atoms with Gasteiger partial charge in [0, 0.05) is 5.69 Å². The van der Waals surface area contributed by atoms with Crippen LogP contribution in [0.25, 0.3) is 0 Å². The van der Waals surface area contributed by atoms with E-state index >= 15 is 0 Å². The van der Waals surface area contributed by atoms with Crippen molar-refractivity contribution in [3.63, 3.8) is 0 Å². The van der Waals surface area contributed by atoms with Crippen molar-refractivity contribution in [2.45, 2.75) is 18.9 Å². The summed E-state index contributed by atoms with van der Waals surface area (Å²) >= 11 is 0. The molecule has 1 unspecified atom stereocenters. The van der Waals surface area contributed by atoms with Gasteiger partial charge in [0.2, 0.25) is 0 Å². The molecule has 4 nitrogen and oxygen atoms in total. The molecule has 1 aromatic carbocycles. The number of anilines is 1. The minimum atomic E-state index is -0.919. The summed E-state index contributed by atoms with van der Waals surface area (Å²) in [6.45, 7) is 0.620. The molecule has 2 N–H and O–H groups in total. The zero-order valence-corrected chi connectivity index (χ0v) is 9.43. The quantitative estimate of drug-likeness (QED) is 0.838. The number of carbonyl (C=O) groups is 1. The van der Waals surface area contributed by atoms with Crippen LogP contribution in [-0.4, -0.2) is 23.7 Å². The molecule has 0 radical (unpaired) electrons. The minimum Gasteiger partial charge on any atom is -0.497 e.